The Bertz CT molecular complexity index is 640. The molecule has 0 N–H and O–H groups in total. The molecule has 1 aromatic heterocycles. The van der Waals surface area contributed by atoms with Gasteiger partial charge in [-0.25, -0.2) is 4.79 Å². The number of benzene rings is 1. The SMILES string of the molecule is CCOC(=O)c1noc(OC(=S)Sc2ccccc2)c1C. The van der Waals surface area contributed by atoms with Crippen LogP contribution in [-0.4, -0.2) is 22.1 Å². The Hall–Kier alpha value is -1.86. The smallest absolute Gasteiger partial charge is 0.360 e. The molecule has 0 saturated heterocycles. The van der Waals surface area contributed by atoms with Crippen molar-refractivity contribution in [1.82, 2.24) is 5.16 Å². The Morgan fingerprint density at radius 2 is 2.10 bits per heavy atom. The van der Waals surface area contributed by atoms with Crippen molar-refractivity contribution in [3.05, 3.63) is 41.6 Å². The molecule has 0 spiro atoms. The summed E-state index contributed by atoms with van der Waals surface area (Å²) < 4.78 is 15.5. The highest BCUT2D eigenvalue weighted by Gasteiger charge is 2.22. The predicted molar refractivity (Wildman–Crippen MR) is 82.7 cm³/mol. The first-order valence-electron chi connectivity index (χ1n) is 6.20. The molecule has 1 aromatic carbocycles. The molecule has 110 valence electrons. The number of hydrogen-bond donors (Lipinski definition) is 0. The van der Waals surface area contributed by atoms with Gasteiger partial charge in [-0.2, -0.15) is 0 Å². The molecule has 2 rings (SSSR count). The molecule has 0 bridgehead atoms. The van der Waals surface area contributed by atoms with Gasteiger partial charge in [-0.05, 0) is 50.0 Å². The highest BCUT2D eigenvalue weighted by molar-refractivity contribution is 8.22. The zero-order valence-corrected chi connectivity index (χ0v) is 13.1. The second kappa shape index (κ2) is 7.24. The van der Waals surface area contributed by atoms with E-state index < -0.39 is 5.97 Å². The molecule has 0 unspecified atom stereocenters. The van der Waals surface area contributed by atoms with Gasteiger partial charge in [0.25, 0.3) is 0 Å². The number of rotatable bonds is 4. The van der Waals surface area contributed by atoms with Gasteiger partial charge in [0.1, 0.15) is 0 Å². The highest BCUT2D eigenvalue weighted by atomic mass is 32.2. The molecule has 0 aliphatic carbocycles. The average Bonchev–Trinajstić information content (AvgIpc) is 2.81. The summed E-state index contributed by atoms with van der Waals surface area (Å²) in [5.41, 5.74) is 0.559. The van der Waals surface area contributed by atoms with Crippen molar-refractivity contribution in [3.8, 4) is 5.95 Å². The maximum Gasteiger partial charge on any atom is 0.360 e. The van der Waals surface area contributed by atoms with Crippen molar-refractivity contribution in [2.24, 2.45) is 0 Å². The molecule has 5 nitrogen and oxygen atoms in total. The van der Waals surface area contributed by atoms with Gasteiger partial charge in [-0.1, -0.05) is 23.4 Å². The molecule has 0 fully saturated rings. The Labute approximate surface area is 131 Å². The fourth-order valence-corrected chi connectivity index (χ4v) is 2.45. The number of carbonyl (C=O) groups is 1. The summed E-state index contributed by atoms with van der Waals surface area (Å²) in [5, 5.41) is 3.65. The third-order valence-electron chi connectivity index (χ3n) is 2.47. The minimum absolute atomic E-state index is 0.0966. The molecular weight excluding hydrogens is 310 g/mol. The van der Waals surface area contributed by atoms with E-state index >= 15 is 0 Å². The molecular formula is C14H13NO4S2. The van der Waals surface area contributed by atoms with E-state index in [0.29, 0.717) is 5.56 Å². The summed E-state index contributed by atoms with van der Waals surface area (Å²) >= 11 is 6.42. The lowest BCUT2D eigenvalue weighted by atomic mass is 10.3. The van der Waals surface area contributed by atoms with Gasteiger partial charge in [0, 0.05) is 4.90 Å². The molecule has 0 saturated carbocycles. The number of hydrogen-bond acceptors (Lipinski definition) is 7. The standard InChI is InChI=1S/C14H13NO4S2/c1-3-17-12(16)11-9(2)13(19-15-11)18-14(20)21-10-7-5-4-6-8-10/h4-8H,3H2,1-2H3. The van der Waals surface area contributed by atoms with Crippen molar-refractivity contribution < 1.29 is 18.8 Å². The predicted octanol–water partition coefficient (Wildman–Crippen LogP) is 3.62. The number of esters is 1. The monoisotopic (exact) mass is 323 g/mol. The van der Waals surface area contributed by atoms with E-state index in [1.807, 2.05) is 30.3 Å². The third-order valence-corrected chi connectivity index (χ3v) is 3.56. The van der Waals surface area contributed by atoms with E-state index in [-0.39, 0.29) is 22.6 Å². The second-order valence-electron chi connectivity index (χ2n) is 3.93. The molecule has 0 radical (unpaired) electrons. The van der Waals surface area contributed by atoms with Crippen LogP contribution in [0.25, 0.3) is 0 Å². The van der Waals surface area contributed by atoms with Gasteiger partial charge in [-0.15, -0.1) is 0 Å². The van der Waals surface area contributed by atoms with E-state index in [0.717, 1.165) is 4.90 Å². The lowest BCUT2D eigenvalue weighted by Crippen LogP contribution is -2.07. The van der Waals surface area contributed by atoms with Crippen molar-refractivity contribution in [3.63, 3.8) is 0 Å². The summed E-state index contributed by atoms with van der Waals surface area (Å²) in [6.45, 7) is 3.65. The molecule has 2 aromatic rings. The highest BCUT2D eigenvalue weighted by Crippen LogP contribution is 2.26. The Balaban J connectivity index is 2.03. The topological polar surface area (TPSA) is 61.6 Å². The van der Waals surface area contributed by atoms with E-state index in [1.54, 1.807) is 13.8 Å². The number of ether oxygens (including phenoxy) is 2. The largest absolute Gasteiger partial charge is 0.461 e. The van der Waals surface area contributed by atoms with Crippen LogP contribution in [-0.2, 0) is 4.74 Å². The number of thiocarbonyl (C=S) groups is 1. The third kappa shape index (κ3) is 4.05. The van der Waals surface area contributed by atoms with Gasteiger partial charge in [-0.3, -0.25) is 0 Å². The van der Waals surface area contributed by atoms with E-state index in [2.05, 4.69) is 5.16 Å². The van der Waals surface area contributed by atoms with Gasteiger partial charge in [0.15, 0.2) is 5.69 Å². The van der Waals surface area contributed by atoms with Gasteiger partial charge in [0.2, 0.25) is 4.38 Å². The van der Waals surface area contributed by atoms with Crippen LogP contribution in [0.4, 0.5) is 0 Å². The lowest BCUT2D eigenvalue weighted by Gasteiger charge is -2.03. The van der Waals surface area contributed by atoms with Crippen LogP contribution in [0.15, 0.2) is 39.8 Å². The van der Waals surface area contributed by atoms with Crippen LogP contribution in [0.3, 0.4) is 0 Å². The number of nitrogens with zero attached hydrogens (tertiary/aromatic N) is 1. The molecule has 0 atom stereocenters. The van der Waals surface area contributed by atoms with Gasteiger partial charge >= 0.3 is 11.9 Å². The molecule has 21 heavy (non-hydrogen) atoms. The number of aromatic nitrogens is 1. The Morgan fingerprint density at radius 3 is 2.76 bits per heavy atom. The van der Waals surface area contributed by atoms with Crippen molar-refractivity contribution in [1.29, 1.82) is 0 Å². The van der Waals surface area contributed by atoms with Crippen LogP contribution < -0.4 is 4.74 Å². The number of thioether (sulfide) groups is 1. The fraction of sp³-hybridized carbons (Fsp3) is 0.214. The van der Waals surface area contributed by atoms with Crippen LogP contribution in [0, 0.1) is 6.92 Å². The van der Waals surface area contributed by atoms with Crippen molar-refractivity contribution in [2.45, 2.75) is 18.7 Å². The zero-order chi connectivity index (χ0) is 15.2. The lowest BCUT2D eigenvalue weighted by molar-refractivity contribution is 0.0514. The summed E-state index contributed by atoms with van der Waals surface area (Å²) in [6, 6.07) is 9.56. The van der Waals surface area contributed by atoms with Crippen LogP contribution in [0.2, 0.25) is 0 Å². The van der Waals surface area contributed by atoms with Crippen LogP contribution in [0.1, 0.15) is 23.0 Å². The van der Waals surface area contributed by atoms with Crippen molar-refractivity contribution in [2.75, 3.05) is 6.61 Å². The molecule has 1 heterocycles. The normalized spacial score (nSPS) is 10.2. The quantitative estimate of drug-likeness (QED) is 0.484. The summed E-state index contributed by atoms with van der Waals surface area (Å²) in [4.78, 5) is 12.6. The second-order valence-corrected chi connectivity index (χ2v) is 5.61. The zero-order valence-electron chi connectivity index (χ0n) is 11.5. The molecule has 0 aliphatic rings. The fourth-order valence-electron chi connectivity index (χ4n) is 1.49. The van der Waals surface area contributed by atoms with E-state index in [1.165, 1.54) is 11.8 Å². The van der Waals surface area contributed by atoms with Crippen LogP contribution in [0.5, 0.6) is 5.95 Å². The van der Waals surface area contributed by atoms with Gasteiger partial charge in [0.05, 0.1) is 12.2 Å². The average molecular weight is 323 g/mol. The van der Waals surface area contributed by atoms with E-state index in [9.17, 15) is 4.79 Å². The summed E-state index contributed by atoms with van der Waals surface area (Å²) in [7, 11) is 0. The number of carbonyl (C=O) groups excluding carboxylic acids is 1. The summed E-state index contributed by atoms with van der Waals surface area (Å²) in [6.07, 6.45) is 0. The Morgan fingerprint density at radius 1 is 1.38 bits per heavy atom. The Kier molecular flexibility index (Phi) is 5.35. The van der Waals surface area contributed by atoms with Crippen molar-refractivity contribution >= 4 is 34.3 Å². The minimum Gasteiger partial charge on any atom is -0.461 e. The van der Waals surface area contributed by atoms with Crippen LogP contribution >= 0.6 is 24.0 Å². The van der Waals surface area contributed by atoms with E-state index in [4.69, 9.17) is 26.2 Å². The first kappa shape index (κ1) is 15.5. The molecule has 7 heteroatoms. The molecule has 0 amide bonds. The molecule has 0 aliphatic heterocycles. The van der Waals surface area contributed by atoms with Gasteiger partial charge < -0.3 is 14.0 Å². The minimum atomic E-state index is -0.546. The maximum atomic E-state index is 11.6. The first-order chi connectivity index (χ1) is 10.1. The summed E-state index contributed by atoms with van der Waals surface area (Å²) in [5.74, 6) is -0.443. The maximum absolute atomic E-state index is 11.6. The first-order valence-corrected chi connectivity index (χ1v) is 7.42.